The van der Waals surface area contributed by atoms with Gasteiger partial charge in [-0.2, -0.15) is 0 Å². The molecule has 2 aromatic rings. The summed E-state index contributed by atoms with van der Waals surface area (Å²) in [5.74, 6) is 0.0676. The molecule has 5 heteroatoms. The van der Waals surface area contributed by atoms with Gasteiger partial charge in [0.05, 0.1) is 18.5 Å². The number of benzene rings is 2. The summed E-state index contributed by atoms with van der Waals surface area (Å²) in [6.45, 7) is 9.17. The third-order valence-electron chi connectivity index (χ3n) is 4.70. The summed E-state index contributed by atoms with van der Waals surface area (Å²) >= 11 is 1.59. The van der Waals surface area contributed by atoms with Gasteiger partial charge < -0.3 is 10.1 Å². The van der Waals surface area contributed by atoms with Crippen molar-refractivity contribution in [2.75, 3.05) is 26.3 Å². The summed E-state index contributed by atoms with van der Waals surface area (Å²) in [6, 6.07) is 16.8. The molecule has 0 bridgehead atoms. The van der Waals surface area contributed by atoms with E-state index in [0.717, 1.165) is 43.3 Å². The summed E-state index contributed by atoms with van der Waals surface area (Å²) in [6.07, 6.45) is 0. The molecular formula is C22H28N2O2S. The highest BCUT2D eigenvalue weighted by Crippen LogP contribution is 2.23. The molecule has 1 aliphatic rings. The Labute approximate surface area is 166 Å². The molecule has 1 atom stereocenters. The Morgan fingerprint density at radius 2 is 1.70 bits per heavy atom. The van der Waals surface area contributed by atoms with E-state index in [1.54, 1.807) is 11.8 Å². The van der Waals surface area contributed by atoms with E-state index in [1.165, 1.54) is 11.1 Å². The normalized spacial score (nSPS) is 16.1. The van der Waals surface area contributed by atoms with Gasteiger partial charge in [-0.25, -0.2) is 0 Å². The molecule has 0 aromatic heterocycles. The van der Waals surface area contributed by atoms with Crippen LogP contribution in [0.4, 0.5) is 0 Å². The van der Waals surface area contributed by atoms with E-state index >= 15 is 0 Å². The largest absolute Gasteiger partial charge is 0.379 e. The lowest BCUT2D eigenvalue weighted by molar-refractivity contribution is -0.120. The zero-order valence-electron chi connectivity index (χ0n) is 16.1. The first-order valence-corrected chi connectivity index (χ1v) is 10.4. The van der Waals surface area contributed by atoms with E-state index in [9.17, 15) is 4.79 Å². The highest BCUT2D eigenvalue weighted by molar-refractivity contribution is 8.00. The summed E-state index contributed by atoms with van der Waals surface area (Å²) in [4.78, 5) is 15.9. The molecule has 1 saturated heterocycles. The molecule has 1 heterocycles. The minimum atomic E-state index is -0.117. The second-order valence-corrected chi connectivity index (χ2v) is 8.41. The zero-order chi connectivity index (χ0) is 19.1. The van der Waals surface area contributed by atoms with Crippen molar-refractivity contribution in [2.45, 2.75) is 37.1 Å². The molecule has 0 saturated carbocycles. The van der Waals surface area contributed by atoms with Gasteiger partial charge in [-0.05, 0) is 37.1 Å². The van der Waals surface area contributed by atoms with Crippen molar-refractivity contribution in [1.82, 2.24) is 10.2 Å². The smallest absolute Gasteiger partial charge is 0.233 e. The number of hydrogen-bond donors (Lipinski definition) is 1. The summed E-state index contributed by atoms with van der Waals surface area (Å²) < 4.78 is 5.39. The lowest BCUT2D eigenvalue weighted by Gasteiger charge is -2.26. The quantitative estimate of drug-likeness (QED) is 0.741. The van der Waals surface area contributed by atoms with Crippen molar-refractivity contribution in [3.05, 3.63) is 65.2 Å². The topological polar surface area (TPSA) is 41.6 Å². The number of thioether (sulfide) groups is 1. The minimum absolute atomic E-state index is 0.0676. The van der Waals surface area contributed by atoms with Gasteiger partial charge in [0, 0.05) is 31.1 Å². The highest BCUT2D eigenvalue weighted by Gasteiger charge is 2.14. The van der Waals surface area contributed by atoms with Crippen LogP contribution in [0.15, 0.2) is 53.4 Å². The number of ether oxygens (including phenoxy) is 1. The molecule has 27 heavy (non-hydrogen) atoms. The van der Waals surface area contributed by atoms with Gasteiger partial charge in [-0.15, -0.1) is 11.8 Å². The van der Waals surface area contributed by atoms with Crippen molar-refractivity contribution < 1.29 is 9.53 Å². The monoisotopic (exact) mass is 384 g/mol. The maximum atomic E-state index is 12.4. The van der Waals surface area contributed by atoms with Gasteiger partial charge in [0.25, 0.3) is 0 Å². The van der Waals surface area contributed by atoms with E-state index < -0.39 is 0 Å². The highest BCUT2D eigenvalue weighted by atomic mass is 32.2. The molecule has 1 fully saturated rings. The van der Waals surface area contributed by atoms with Crippen LogP contribution in [0.2, 0.25) is 0 Å². The van der Waals surface area contributed by atoms with E-state index in [-0.39, 0.29) is 11.2 Å². The van der Waals surface area contributed by atoms with Gasteiger partial charge in [-0.1, -0.05) is 42.0 Å². The molecule has 2 aromatic carbocycles. The van der Waals surface area contributed by atoms with Gasteiger partial charge >= 0.3 is 0 Å². The van der Waals surface area contributed by atoms with Crippen LogP contribution in [-0.4, -0.2) is 42.4 Å². The lowest BCUT2D eigenvalue weighted by Crippen LogP contribution is -2.35. The predicted octanol–water partition coefficient (Wildman–Crippen LogP) is 3.62. The van der Waals surface area contributed by atoms with E-state index in [4.69, 9.17) is 4.74 Å². The number of carbonyl (C=O) groups is 1. The molecule has 1 amide bonds. The fraction of sp³-hybridized carbons (Fsp3) is 0.409. The lowest BCUT2D eigenvalue weighted by atomic mass is 10.1. The van der Waals surface area contributed by atoms with Gasteiger partial charge in [0.2, 0.25) is 5.91 Å². The number of rotatable bonds is 7. The van der Waals surface area contributed by atoms with Crippen molar-refractivity contribution in [2.24, 2.45) is 0 Å². The average Bonchev–Trinajstić information content (AvgIpc) is 2.69. The van der Waals surface area contributed by atoms with Crippen LogP contribution in [-0.2, 0) is 22.6 Å². The number of amides is 1. The molecule has 3 rings (SSSR count). The van der Waals surface area contributed by atoms with Crippen LogP contribution in [0.25, 0.3) is 0 Å². The van der Waals surface area contributed by atoms with Crippen LogP contribution >= 0.6 is 11.8 Å². The van der Waals surface area contributed by atoms with Gasteiger partial charge in [0.15, 0.2) is 0 Å². The molecule has 0 spiro atoms. The molecule has 0 aliphatic carbocycles. The zero-order valence-corrected chi connectivity index (χ0v) is 16.9. The van der Waals surface area contributed by atoms with Crippen molar-refractivity contribution >= 4 is 17.7 Å². The van der Waals surface area contributed by atoms with Crippen LogP contribution in [0, 0.1) is 6.92 Å². The van der Waals surface area contributed by atoms with Crippen molar-refractivity contribution in [3.8, 4) is 0 Å². The standard InChI is InChI=1S/C22H28N2O2S/c1-17-3-9-21(10-4-17)27-18(2)22(25)23-15-19-5-7-20(8-6-19)16-24-11-13-26-14-12-24/h3-10,18H,11-16H2,1-2H3,(H,23,25)/t18-/m0/s1. The Morgan fingerprint density at radius 1 is 1.07 bits per heavy atom. The van der Waals surface area contributed by atoms with E-state index in [0.29, 0.717) is 6.54 Å². The van der Waals surface area contributed by atoms with E-state index in [1.807, 2.05) is 6.92 Å². The SMILES string of the molecule is Cc1ccc(S[C@@H](C)C(=O)NCc2ccc(CN3CCOCC3)cc2)cc1. The fourth-order valence-electron chi connectivity index (χ4n) is 2.99. The summed E-state index contributed by atoms with van der Waals surface area (Å²) in [7, 11) is 0. The Kier molecular flexibility index (Phi) is 7.33. The fourth-order valence-corrected chi connectivity index (χ4v) is 3.88. The number of morpholine rings is 1. The number of nitrogens with zero attached hydrogens (tertiary/aromatic N) is 1. The van der Waals surface area contributed by atoms with E-state index in [2.05, 4.69) is 65.7 Å². The molecule has 1 N–H and O–H groups in total. The average molecular weight is 385 g/mol. The number of carbonyl (C=O) groups excluding carboxylic acids is 1. The first kappa shape index (κ1) is 19.9. The Balaban J connectivity index is 1.44. The predicted molar refractivity (Wildman–Crippen MR) is 111 cm³/mol. The maximum Gasteiger partial charge on any atom is 0.233 e. The second kappa shape index (κ2) is 9.93. The third-order valence-corrected chi connectivity index (χ3v) is 5.81. The Hall–Kier alpha value is -1.82. The van der Waals surface area contributed by atoms with Crippen LogP contribution < -0.4 is 5.32 Å². The molecule has 0 unspecified atom stereocenters. The van der Waals surface area contributed by atoms with Crippen molar-refractivity contribution in [1.29, 1.82) is 0 Å². The number of aryl methyl sites for hydroxylation is 1. The first-order valence-electron chi connectivity index (χ1n) is 9.49. The van der Waals surface area contributed by atoms with Crippen molar-refractivity contribution in [3.63, 3.8) is 0 Å². The molecule has 0 radical (unpaired) electrons. The third kappa shape index (κ3) is 6.38. The minimum Gasteiger partial charge on any atom is -0.379 e. The number of nitrogens with one attached hydrogen (secondary N) is 1. The van der Waals surface area contributed by atoms with Crippen LogP contribution in [0.5, 0.6) is 0 Å². The molecule has 144 valence electrons. The summed E-state index contributed by atoms with van der Waals surface area (Å²) in [5, 5.41) is 2.93. The molecule has 1 aliphatic heterocycles. The number of hydrogen-bond acceptors (Lipinski definition) is 4. The second-order valence-electron chi connectivity index (χ2n) is 7.00. The summed E-state index contributed by atoms with van der Waals surface area (Å²) in [5.41, 5.74) is 3.66. The van der Waals surface area contributed by atoms with Gasteiger partial charge in [-0.3, -0.25) is 9.69 Å². The Bertz CT molecular complexity index is 725. The first-order chi connectivity index (χ1) is 13.1. The maximum absolute atomic E-state index is 12.4. The Morgan fingerprint density at radius 3 is 2.37 bits per heavy atom. The molecular weight excluding hydrogens is 356 g/mol. The van der Waals surface area contributed by atoms with Crippen LogP contribution in [0.1, 0.15) is 23.6 Å². The van der Waals surface area contributed by atoms with Crippen LogP contribution in [0.3, 0.4) is 0 Å². The van der Waals surface area contributed by atoms with Gasteiger partial charge in [0.1, 0.15) is 0 Å². The molecule has 4 nitrogen and oxygen atoms in total.